The Morgan fingerprint density at radius 1 is 1.14 bits per heavy atom. The van der Waals surface area contributed by atoms with E-state index in [1.807, 2.05) is 0 Å². The largest absolute Gasteiger partial charge is 0.321 e. The predicted molar refractivity (Wildman–Crippen MR) is 72.9 cm³/mol. The lowest BCUT2D eigenvalue weighted by atomic mass is 9.86. The first-order valence-corrected chi connectivity index (χ1v) is 5.75. The molecule has 1 nitrogen and oxygen atoms in total. The van der Waals surface area contributed by atoms with Crippen LogP contribution in [0.2, 0.25) is 0 Å². The van der Waals surface area contributed by atoms with E-state index in [1.54, 1.807) is 0 Å². The molecule has 0 radical (unpaired) electrons. The van der Waals surface area contributed by atoms with E-state index >= 15 is 0 Å². The summed E-state index contributed by atoms with van der Waals surface area (Å²) in [6.07, 6.45) is 1.98. The normalized spacial score (nSPS) is 10.9. The highest BCUT2D eigenvalue weighted by atomic mass is 127. The highest BCUT2D eigenvalue weighted by Crippen LogP contribution is 2.25. The Labute approximate surface area is 106 Å². The van der Waals surface area contributed by atoms with Crippen molar-refractivity contribution in [3.05, 3.63) is 33.4 Å². The van der Waals surface area contributed by atoms with Gasteiger partial charge < -0.3 is 5.73 Å². The van der Waals surface area contributed by atoms with Gasteiger partial charge in [-0.15, -0.1) is 12.4 Å². The first-order valence-electron chi connectivity index (χ1n) is 4.67. The SMILES string of the molecule is CCC(N)(CC)c1ccc(I)cc1.Cl. The molecule has 0 spiro atoms. The molecule has 1 rings (SSSR count). The smallest absolute Gasteiger partial charge is 0.0404 e. The van der Waals surface area contributed by atoms with E-state index in [0.717, 1.165) is 12.8 Å². The van der Waals surface area contributed by atoms with Gasteiger partial charge in [0.05, 0.1) is 0 Å². The standard InChI is InChI=1S/C11H16IN.ClH/c1-3-11(13,4-2)9-5-7-10(12)8-6-9;/h5-8H,3-4,13H2,1-2H3;1H. The van der Waals surface area contributed by atoms with Gasteiger partial charge in [-0.25, -0.2) is 0 Å². The quantitative estimate of drug-likeness (QED) is 0.843. The fourth-order valence-corrected chi connectivity index (χ4v) is 1.80. The Morgan fingerprint density at radius 2 is 1.57 bits per heavy atom. The van der Waals surface area contributed by atoms with Crippen LogP contribution < -0.4 is 5.73 Å². The molecule has 0 aliphatic heterocycles. The maximum Gasteiger partial charge on any atom is 0.0404 e. The molecule has 14 heavy (non-hydrogen) atoms. The van der Waals surface area contributed by atoms with Crippen molar-refractivity contribution >= 4 is 35.0 Å². The van der Waals surface area contributed by atoms with Crippen LogP contribution in [0.4, 0.5) is 0 Å². The molecule has 0 bridgehead atoms. The van der Waals surface area contributed by atoms with E-state index in [0.29, 0.717) is 0 Å². The predicted octanol–water partition coefficient (Wildman–Crippen LogP) is 3.69. The van der Waals surface area contributed by atoms with Crippen LogP contribution in [-0.2, 0) is 5.54 Å². The third-order valence-electron chi connectivity index (χ3n) is 2.68. The molecule has 3 heteroatoms. The van der Waals surface area contributed by atoms with Gasteiger partial charge in [-0.05, 0) is 53.1 Å². The van der Waals surface area contributed by atoms with Gasteiger partial charge in [0.1, 0.15) is 0 Å². The third kappa shape index (κ3) is 3.11. The maximum atomic E-state index is 6.27. The van der Waals surface area contributed by atoms with Crippen molar-refractivity contribution in [3.63, 3.8) is 0 Å². The maximum absolute atomic E-state index is 6.27. The van der Waals surface area contributed by atoms with Crippen molar-refractivity contribution in [1.29, 1.82) is 0 Å². The van der Waals surface area contributed by atoms with Crippen molar-refractivity contribution in [3.8, 4) is 0 Å². The molecular formula is C11H17ClIN. The average Bonchev–Trinajstić information content (AvgIpc) is 2.18. The summed E-state index contributed by atoms with van der Waals surface area (Å²) < 4.78 is 1.26. The van der Waals surface area contributed by atoms with Crippen molar-refractivity contribution in [2.24, 2.45) is 5.73 Å². The zero-order valence-electron chi connectivity index (χ0n) is 8.59. The highest BCUT2D eigenvalue weighted by Gasteiger charge is 2.21. The monoisotopic (exact) mass is 325 g/mol. The zero-order valence-corrected chi connectivity index (χ0v) is 11.6. The second-order valence-corrected chi connectivity index (χ2v) is 4.62. The minimum Gasteiger partial charge on any atom is -0.321 e. The molecule has 0 heterocycles. The minimum atomic E-state index is -0.135. The van der Waals surface area contributed by atoms with Gasteiger partial charge in [0.25, 0.3) is 0 Å². The van der Waals surface area contributed by atoms with E-state index < -0.39 is 0 Å². The summed E-state index contributed by atoms with van der Waals surface area (Å²) in [5, 5.41) is 0. The van der Waals surface area contributed by atoms with Crippen LogP contribution in [0.1, 0.15) is 32.3 Å². The number of hydrogen-bond acceptors (Lipinski definition) is 1. The summed E-state index contributed by atoms with van der Waals surface area (Å²) >= 11 is 2.31. The van der Waals surface area contributed by atoms with Crippen LogP contribution in [0.3, 0.4) is 0 Å². The van der Waals surface area contributed by atoms with E-state index in [4.69, 9.17) is 5.73 Å². The fourth-order valence-electron chi connectivity index (χ4n) is 1.44. The van der Waals surface area contributed by atoms with Crippen LogP contribution in [0, 0.1) is 3.57 Å². The number of rotatable bonds is 3. The second-order valence-electron chi connectivity index (χ2n) is 3.37. The molecule has 0 amide bonds. The number of nitrogens with two attached hydrogens (primary N) is 1. The Bertz CT molecular complexity index is 267. The lowest BCUT2D eigenvalue weighted by Crippen LogP contribution is -2.34. The Morgan fingerprint density at radius 3 is 1.93 bits per heavy atom. The molecule has 0 aliphatic carbocycles. The average molecular weight is 326 g/mol. The molecule has 0 saturated carbocycles. The summed E-state index contributed by atoms with van der Waals surface area (Å²) in [7, 11) is 0. The molecule has 0 atom stereocenters. The van der Waals surface area contributed by atoms with Crippen LogP contribution in [0.15, 0.2) is 24.3 Å². The van der Waals surface area contributed by atoms with Crippen LogP contribution in [-0.4, -0.2) is 0 Å². The first-order chi connectivity index (χ1) is 6.12. The summed E-state index contributed by atoms with van der Waals surface area (Å²) in [5.41, 5.74) is 7.38. The third-order valence-corrected chi connectivity index (χ3v) is 3.40. The van der Waals surface area contributed by atoms with E-state index in [9.17, 15) is 0 Å². The van der Waals surface area contributed by atoms with Gasteiger partial charge >= 0.3 is 0 Å². The Balaban J connectivity index is 0.00000169. The van der Waals surface area contributed by atoms with Gasteiger partial charge in [0.2, 0.25) is 0 Å². The van der Waals surface area contributed by atoms with E-state index in [2.05, 4.69) is 60.7 Å². The molecule has 0 fully saturated rings. The molecule has 0 saturated heterocycles. The van der Waals surface area contributed by atoms with E-state index in [-0.39, 0.29) is 17.9 Å². The van der Waals surface area contributed by atoms with Crippen molar-refractivity contribution in [2.45, 2.75) is 32.2 Å². The molecule has 0 aromatic heterocycles. The topological polar surface area (TPSA) is 26.0 Å². The lowest BCUT2D eigenvalue weighted by Gasteiger charge is -2.27. The van der Waals surface area contributed by atoms with Crippen LogP contribution in [0.5, 0.6) is 0 Å². The Hall–Kier alpha value is 0.200. The van der Waals surface area contributed by atoms with Crippen LogP contribution >= 0.6 is 35.0 Å². The minimum absolute atomic E-state index is 0. The van der Waals surface area contributed by atoms with Crippen molar-refractivity contribution in [2.75, 3.05) is 0 Å². The summed E-state index contributed by atoms with van der Waals surface area (Å²) in [5.74, 6) is 0. The van der Waals surface area contributed by atoms with E-state index in [1.165, 1.54) is 9.13 Å². The highest BCUT2D eigenvalue weighted by molar-refractivity contribution is 14.1. The van der Waals surface area contributed by atoms with Crippen molar-refractivity contribution < 1.29 is 0 Å². The molecule has 1 aromatic carbocycles. The summed E-state index contributed by atoms with van der Waals surface area (Å²) in [6.45, 7) is 4.28. The number of benzene rings is 1. The molecule has 2 N–H and O–H groups in total. The van der Waals surface area contributed by atoms with Gasteiger partial charge in [-0.3, -0.25) is 0 Å². The van der Waals surface area contributed by atoms with Crippen molar-refractivity contribution in [1.82, 2.24) is 0 Å². The summed E-state index contributed by atoms with van der Waals surface area (Å²) in [6, 6.07) is 8.50. The molecule has 0 aliphatic rings. The molecule has 80 valence electrons. The number of halogens is 2. The molecule has 1 aromatic rings. The van der Waals surface area contributed by atoms with Gasteiger partial charge in [-0.1, -0.05) is 26.0 Å². The van der Waals surface area contributed by atoms with Gasteiger partial charge in [0.15, 0.2) is 0 Å². The van der Waals surface area contributed by atoms with Gasteiger partial charge in [0, 0.05) is 9.11 Å². The molecule has 0 unspecified atom stereocenters. The lowest BCUT2D eigenvalue weighted by molar-refractivity contribution is 0.413. The first kappa shape index (κ1) is 14.2. The summed E-state index contributed by atoms with van der Waals surface area (Å²) in [4.78, 5) is 0. The fraction of sp³-hybridized carbons (Fsp3) is 0.455. The zero-order chi connectivity index (χ0) is 9.90. The Kier molecular flexibility index (Phi) is 6.02. The van der Waals surface area contributed by atoms with Gasteiger partial charge in [-0.2, -0.15) is 0 Å². The number of hydrogen-bond donors (Lipinski definition) is 1. The molecular weight excluding hydrogens is 308 g/mol. The second kappa shape index (κ2) is 5.93. The van der Waals surface area contributed by atoms with Crippen LogP contribution in [0.25, 0.3) is 0 Å².